The van der Waals surface area contributed by atoms with Crippen molar-refractivity contribution in [2.45, 2.75) is 38.6 Å². The molecule has 17 heavy (non-hydrogen) atoms. The van der Waals surface area contributed by atoms with Crippen LogP contribution in [0.15, 0.2) is 0 Å². The number of carbonyl (C=O) groups is 3. The first-order valence-corrected chi connectivity index (χ1v) is 5.65. The molecule has 2 rings (SSSR count). The lowest BCUT2D eigenvalue weighted by molar-refractivity contribution is -0.158. The summed E-state index contributed by atoms with van der Waals surface area (Å²) in [6.45, 7) is 1.71. The number of barbiturate groups is 1. The van der Waals surface area contributed by atoms with Gasteiger partial charge in [0.2, 0.25) is 11.8 Å². The van der Waals surface area contributed by atoms with Crippen LogP contribution in [0.25, 0.3) is 0 Å². The lowest BCUT2D eigenvalue weighted by Crippen LogP contribution is -2.67. The number of rotatable bonds is 2. The van der Waals surface area contributed by atoms with Crippen molar-refractivity contribution in [1.82, 2.24) is 10.2 Å². The zero-order chi connectivity index (χ0) is 12.6. The number of nitrogens with one attached hydrogen (secondary N) is 1. The second kappa shape index (κ2) is 3.88. The van der Waals surface area contributed by atoms with E-state index in [1.54, 1.807) is 6.92 Å². The molecule has 5 nitrogen and oxygen atoms in total. The van der Waals surface area contributed by atoms with Gasteiger partial charge in [-0.25, -0.2) is 4.79 Å². The van der Waals surface area contributed by atoms with E-state index in [9.17, 15) is 14.4 Å². The van der Waals surface area contributed by atoms with Gasteiger partial charge in [0.05, 0.1) is 0 Å². The molecule has 0 aromatic carbocycles. The summed E-state index contributed by atoms with van der Waals surface area (Å²) in [5.41, 5.74) is -1.00. The SMILES string of the molecule is C#CCC(C)N1C(=O)NC(=O)C2(CCC2)C1=O. The van der Waals surface area contributed by atoms with Gasteiger partial charge in [0, 0.05) is 12.5 Å². The van der Waals surface area contributed by atoms with Crippen molar-refractivity contribution in [3.8, 4) is 12.3 Å². The Kier molecular flexibility index (Phi) is 2.66. The summed E-state index contributed by atoms with van der Waals surface area (Å²) in [5, 5.41) is 2.25. The van der Waals surface area contributed by atoms with Crippen LogP contribution >= 0.6 is 0 Å². The average molecular weight is 234 g/mol. The van der Waals surface area contributed by atoms with Gasteiger partial charge in [-0.2, -0.15) is 0 Å². The predicted octanol–water partition coefficient (Wildman–Crippen LogP) is 0.647. The Morgan fingerprint density at radius 2 is 2.12 bits per heavy atom. The number of nitrogens with zero attached hydrogens (tertiary/aromatic N) is 1. The Hall–Kier alpha value is -1.83. The summed E-state index contributed by atoms with van der Waals surface area (Å²) in [6, 6.07) is -1.03. The maximum Gasteiger partial charge on any atom is 0.331 e. The van der Waals surface area contributed by atoms with Gasteiger partial charge in [0.15, 0.2) is 0 Å². The molecule has 1 atom stereocenters. The molecule has 0 bridgehead atoms. The van der Waals surface area contributed by atoms with Crippen LogP contribution in [0.1, 0.15) is 32.6 Å². The Morgan fingerprint density at radius 1 is 1.47 bits per heavy atom. The number of hydrogen-bond donors (Lipinski definition) is 1. The van der Waals surface area contributed by atoms with E-state index in [-0.39, 0.29) is 11.9 Å². The van der Waals surface area contributed by atoms with Crippen molar-refractivity contribution in [2.75, 3.05) is 0 Å². The van der Waals surface area contributed by atoms with Crippen molar-refractivity contribution in [1.29, 1.82) is 0 Å². The average Bonchev–Trinajstić information content (AvgIpc) is 2.14. The molecule has 5 heteroatoms. The topological polar surface area (TPSA) is 66.5 Å². The van der Waals surface area contributed by atoms with Gasteiger partial charge in [-0.1, -0.05) is 6.42 Å². The second-order valence-corrected chi connectivity index (χ2v) is 4.63. The summed E-state index contributed by atoms with van der Waals surface area (Å²) < 4.78 is 0. The molecule has 0 aromatic rings. The fourth-order valence-electron chi connectivity index (χ4n) is 2.33. The molecule has 2 aliphatic rings. The van der Waals surface area contributed by atoms with E-state index in [0.29, 0.717) is 19.3 Å². The molecular weight excluding hydrogens is 220 g/mol. The van der Waals surface area contributed by atoms with Crippen molar-refractivity contribution in [3.05, 3.63) is 0 Å². The third kappa shape index (κ3) is 1.52. The molecule has 0 radical (unpaired) electrons. The minimum atomic E-state index is -1.00. The van der Waals surface area contributed by atoms with Crippen LogP contribution in [-0.4, -0.2) is 28.8 Å². The molecule has 1 N–H and O–H groups in total. The molecular formula is C12H14N2O3. The van der Waals surface area contributed by atoms with E-state index < -0.39 is 17.4 Å². The molecule has 1 spiro atoms. The fourth-order valence-corrected chi connectivity index (χ4v) is 2.33. The molecule has 0 aromatic heterocycles. The number of hydrogen-bond acceptors (Lipinski definition) is 3. The molecule has 1 aliphatic heterocycles. The normalized spacial score (nSPS) is 24.0. The Bertz CT molecular complexity index is 432. The van der Waals surface area contributed by atoms with Gasteiger partial charge < -0.3 is 0 Å². The van der Waals surface area contributed by atoms with Gasteiger partial charge >= 0.3 is 6.03 Å². The van der Waals surface area contributed by atoms with E-state index in [0.717, 1.165) is 11.3 Å². The Morgan fingerprint density at radius 3 is 2.59 bits per heavy atom. The van der Waals surface area contributed by atoms with Crippen LogP contribution in [0.4, 0.5) is 4.79 Å². The summed E-state index contributed by atoms with van der Waals surface area (Å²) in [4.78, 5) is 36.7. The van der Waals surface area contributed by atoms with Crippen LogP contribution in [0.3, 0.4) is 0 Å². The van der Waals surface area contributed by atoms with Crippen LogP contribution in [-0.2, 0) is 9.59 Å². The van der Waals surface area contributed by atoms with E-state index in [4.69, 9.17) is 6.42 Å². The smallest absolute Gasteiger partial charge is 0.277 e. The van der Waals surface area contributed by atoms with E-state index in [1.165, 1.54) is 0 Å². The molecule has 1 saturated heterocycles. The van der Waals surface area contributed by atoms with Crippen LogP contribution in [0.5, 0.6) is 0 Å². The zero-order valence-corrected chi connectivity index (χ0v) is 9.66. The van der Waals surface area contributed by atoms with Gasteiger partial charge in [0.25, 0.3) is 0 Å². The highest BCUT2D eigenvalue weighted by Gasteiger charge is 2.57. The van der Waals surface area contributed by atoms with E-state index in [2.05, 4.69) is 11.2 Å². The third-order valence-electron chi connectivity index (χ3n) is 3.56. The first kappa shape index (κ1) is 11.6. The van der Waals surface area contributed by atoms with Gasteiger partial charge in [0.1, 0.15) is 5.41 Å². The number of amides is 4. The lowest BCUT2D eigenvalue weighted by atomic mass is 9.66. The summed E-state index contributed by atoms with van der Waals surface area (Å²) >= 11 is 0. The third-order valence-corrected chi connectivity index (χ3v) is 3.56. The number of urea groups is 1. The van der Waals surface area contributed by atoms with E-state index >= 15 is 0 Å². The maximum absolute atomic E-state index is 12.2. The van der Waals surface area contributed by atoms with E-state index in [1.807, 2.05) is 0 Å². The monoisotopic (exact) mass is 234 g/mol. The second-order valence-electron chi connectivity index (χ2n) is 4.63. The molecule has 1 saturated carbocycles. The Balaban J connectivity index is 2.28. The minimum absolute atomic E-state index is 0.295. The standard InChI is InChI=1S/C12H14N2O3/c1-3-5-8(2)14-10(16)12(6-4-7-12)9(15)13-11(14)17/h1,8H,4-7H2,2H3,(H,13,15,17). The van der Waals surface area contributed by atoms with Crippen LogP contribution < -0.4 is 5.32 Å². The van der Waals surface area contributed by atoms with Crippen molar-refractivity contribution >= 4 is 17.8 Å². The van der Waals surface area contributed by atoms with Gasteiger partial charge in [-0.05, 0) is 19.8 Å². The first-order valence-electron chi connectivity index (χ1n) is 5.65. The fraction of sp³-hybridized carbons (Fsp3) is 0.583. The number of terminal acetylenes is 1. The maximum atomic E-state index is 12.2. The molecule has 1 unspecified atom stereocenters. The quantitative estimate of drug-likeness (QED) is 0.563. The van der Waals surface area contributed by atoms with Crippen LogP contribution in [0.2, 0.25) is 0 Å². The molecule has 4 amide bonds. The van der Waals surface area contributed by atoms with Gasteiger partial charge in [-0.3, -0.25) is 19.8 Å². The predicted molar refractivity (Wildman–Crippen MR) is 59.6 cm³/mol. The first-order chi connectivity index (χ1) is 8.03. The largest absolute Gasteiger partial charge is 0.331 e. The Labute approximate surface area is 99.5 Å². The number of carbonyl (C=O) groups excluding carboxylic acids is 3. The molecule has 90 valence electrons. The molecule has 1 heterocycles. The van der Waals surface area contributed by atoms with Crippen molar-refractivity contribution in [3.63, 3.8) is 0 Å². The summed E-state index contributed by atoms with van der Waals surface area (Å²) in [7, 11) is 0. The van der Waals surface area contributed by atoms with Gasteiger partial charge in [-0.15, -0.1) is 12.3 Å². The summed E-state index contributed by atoms with van der Waals surface area (Å²) in [5.74, 6) is 1.58. The zero-order valence-electron chi connectivity index (χ0n) is 9.66. The van der Waals surface area contributed by atoms with Crippen LogP contribution in [0, 0.1) is 17.8 Å². The molecule has 1 aliphatic carbocycles. The number of imide groups is 2. The summed E-state index contributed by atoms with van der Waals surface area (Å²) in [6.07, 6.45) is 7.35. The molecule has 2 fully saturated rings. The highest BCUT2D eigenvalue weighted by Crippen LogP contribution is 2.44. The highest BCUT2D eigenvalue weighted by molar-refractivity contribution is 6.19. The lowest BCUT2D eigenvalue weighted by Gasteiger charge is -2.45. The van der Waals surface area contributed by atoms with Crippen molar-refractivity contribution < 1.29 is 14.4 Å². The minimum Gasteiger partial charge on any atom is -0.277 e. The van der Waals surface area contributed by atoms with Crippen molar-refractivity contribution in [2.24, 2.45) is 5.41 Å². The highest BCUT2D eigenvalue weighted by atomic mass is 16.2.